The number of aliphatic hydroxyl groups is 1. The Balaban J connectivity index is 1.61. The maximum atomic E-state index is 12.7. The van der Waals surface area contributed by atoms with Crippen LogP contribution in [0.15, 0.2) is 42.5 Å². The second-order valence-corrected chi connectivity index (χ2v) is 7.14. The summed E-state index contributed by atoms with van der Waals surface area (Å²) in [6.07, 6.45) is 2.07. The van der Waals surface area contributed by atoms with E-state index < -0.39 is 5.97 Å². The highest BCUT2D eigenvalue weighted by molar-refractivity contribution is 5.88. The van der Waals surface area contributed by atoms with Gasteiger partial charge in [-0.1, -0.05) is 30.3 Å². The van der Waals surface area contributed by atoms with Crippen molar-refractivity contribution in [2.24, 2.45) is 0 Å². The summed E-state index contributed by atoms with van der Waals surface area (Å²) in [7, 11) is 0. The van der Waals surface area contributed by atoms with Crippen LogP contribution in [0.5, 0.6) is 0 Å². The second-order valence-electron chi connectivity index (χ2n) is 7.14. The Labute approximate surface area is 159 Å². The lowest BCUT2D eigenvalue weighted by atomic mass is 9.86. The number of carboxylic acid groups (broad SMARTS) is 1. The first-order valence-corrected chi connectivity index (χ1v) is 9.29. The molecule has 2 aromatic rings. The van der Waals surface area contributed by atoms with Crippen LogP contribution in [0.25, 0.3) is 0 Å². The Kier molecular flexibility index (Phi) is 5.91. The fourth-order valence-corrected chi connectivity index (χ4v) is 3.82. The van der Waals surface area contributed by atoms with Crippen molar-refractivity contribution in [3.05, 3.63) is 70.3 Å². The van der Waals surface area contributed by atoms with Crippen LogP contribution < -0.4 is 0 Å². The molecule has 0 bridgehead atoms. The number of carbonyl (C=O) groups is 2. The standard InChI is InChI=1S/C22H25NO4/c1-15-12-18(22(26)27)7-6-17(15)13-21(25)23-10-8-16(9-11-23)20-5-3-2-4-19(20)14-24/h2-7,12,16,24H,8-11,13-14H2,1H3,(H,26,27). The van der Waals surface area contributed by atoms with Gasteiger partial charge in [0.25, 0.3) is 0 Å². The Morgan fingerprint density at radius 1 is 1.07 bits per heavy atom. The van der Waals surface area contributed by atoms with Crippen LogP contribution in [-0.4, -0.2) is 40.1 Å². The van der Waals surface area contributed by atoms with E-state index >= 15 is 0 Å². The number of carbonyl (C=O) groups excluding carboxylic acids is 1. The van der Waals surface area contributed by atoms with Gasteiger partial charge in [-0.15, -0.1) is 0 Å². The lowest BCUT2D eigenvalue weighted by Crippen LogP contribution is -2.39. The molecule has 27 heavy (non-hydrogen) atoms. The maximum absolute atomic E-state index is 12.7. The summed E-state index contributed by atoms with van der Waals surface area (Å²) in [5.74, 6) is -0.509. The van der Waals surface area contributed by atoms with E-state index in [2.05, 4.69) is 6.07 Å². The fraction of sp³-hybridized carbons (Fsp3) is 0.364. The van der Waals surface area contributed by atoms with Gasteiger partial charge < -0.3 is 15.1 Å². The van der Waals surface area contributed by atoms with E-state index in [9.17, 15) is 14.7 Å². The molecule has 0 spiro atoms. The molecule has 0 aromatic heterocycles. The molecule has 2 aromatic carbocycles. The number of likely N-dealkylation sites (tertiary alicyclic amines) is 1. The van der Waals surface area contributed by atoms with Crippen molar-refractivity contribution in [2.75, 3.05) is 13.1 Å². The summed E-state index contributed by atoms with van der Waals surface area (Å²) < 4.78 is 0. The predicted molar refractivity (Wildman–Crippen MR) is 103 cm³/mol. The first kappa shape index (κ1) is 19.1. The van der Waals surface area contributed by atoms with E-state index in [1.807, 2.05) is 30.0 Å². The highest BCUT2D eigenvalue weighted by Gasteiger charge is 2.25. The molecule has 1 saturated heterocycles. The third kappa shape index (κ3) is 4.37. The first-order valence-electron chi connectivity index (χ1n) is 9.29. The lowest BCUT2D eigenvalue weighted by molar-refractivity contribution is -0.131. The van der Waals surface area contributed by atoms with Gasteiger partial charge in [-0.05, 0) is 60.1 Å². The van der Waals surface area contributed by atoms with Gasteiger partial charge in [0.1, 0.15) is 0 Å². The molecule has 1 aliphatic heterocycles. The molecule has 5 nitrogen and oxygen atoms in total. The van der Waals surface area contributed by atoms with Crippen LogP contribution in [0.4, 0.5) is 0 Å². The Bertz CT molecular complexity index is 838. The largest absolute Gasteiger partial charge is 0.478 e. The molecule has 0 atom stereocenters. The highest BCUT2D eigenvalue weighted by atomic mass is 16.4. The van der Waals surface area contributed by atoms with Crippen molar-refractivity contribution in [3.63, 3.8) is 0 Å². The van der Waals surface area contributed by atoms with Crippen LogP contribution in [0.2, 0.25) is 0 Å². The highest BCUT2D eigenvalue weighted by Crippen LogP contribution is 2.30. The minimum atomic E-state index is -0.957. The number of piperidine rings is 1. The van der Waals surface area contributed by atoms with Crippen molar-refractivity contribution in [2.45, 2.75) is 38.7 Å². The molecule has 0 aliphatic carbocycles. The van der Waals surface area contributed by atoms with Crippen LogP contribution in [-0.2, 0) is 17.8 Å². The fourth-order valence-electron chi connectivity index (χ4n) is 3.82. The van der Waals surface area contributed by atoms with Gasteiger partial charge >= 0.3 is 5.97 Å². The summed E-state index contributed by atoms with van der Waals surface area (Å²) in [4.78, 5) is 25.6. The minimum absolute atomic E-state index is 0.0426. The molecule has 0 radical (unpaired) electrons. The van der Waals surface area contributed by atoms with Crippen molar-refractivity contribution in [3.8, 4) is 0 Å². The zero-order valence-corrected chi connectivity index (χ0v) is 15.5. The number of benzene rings is 2. The van der Waals surface area contributed by atoms with E-state index in [4.69, 9.17) is 5.11 Å². The zero-order valence-electron chi connectivity index (χ0n) is 15.5. The molecule has 5 heteroatoms. The van der Waals surface area contributed by atoms with Crippen molar-refractivity contribution >= 4 is 11.9 Å². The molecule has 0 saturated carbocycles. The number of nitrogens with zero attached hydrogens (tertiary/aromatic N) is 1. The van der Waals surface area contributed by atoms with Gasteiger partial charge in [-0.25, -0.2) is 4.79 Å². The van der Waals surface area contributed by atoms with Crippen molar-refractivity contribution < 1.29 is 19.8 Å². The molecule has 1 aliphatic rings. The SMILES string of the molecule is Cc1cc(C(=O)O)ccc1CC(=O)N1CCC(c2ccccc2CO)CC1. The maximum Gasteiger partial charge on any atom is 0.335 e. The summed E-state index contributed by atoms with van der Waals surface area (Å²) >= 11 is 0. The monoisotopic (exact) mass is 367 g/mol. The summed E-state index contributed by atoms with van der Waals surface area (Å²) in [6, 6.07) is 12.9. The Morgan fingerprint density at radius 2 is 1.78 bits per heavy atom. The molecule has 1 fully saturated rings. The van der Waals surface area contributed by atoms with E-state index in [0.29, 0.717) is 25.4 Å². The van der Waals surface area contributed by atoms with Gasteiger partial charge in [-0.3, -0.25) is 4.79 Å². The number of aliphatic hydroxyl groups excluding tert-OH is 1. The topological polar surface area (TPSA) is 77.8 Å². The molecular weight excluding hydrogens is 342 g/mol. The normalized spacial score (nSPS) is 15.0. The second kappa shape index (κ2) is 8.35. The smallest absolute Gasteiger partial charge is 0.335 e. The number of aromatic carboxylic acids is 1. The van der Waals surface area contributed by atoms with Crippen molar-refractivity contribution in [1.29, 1.82) is 0 Å². The average molecular weight is 367 g/mol. The van der Waals surface area contributed by atoms with Crippen LogP contribution >= 0.6 is 0 Å². The number of carboxylic acids is 1. The van der Waals surface area contributed by atoms with Gasteiger partial charge in [0.05, 0.1) is 18.6 Å². The molecule has 1 amide bonds. The summed E-state index contributed by atoms with van der Waals surface area (Å²) in [5.41, 5.74) is 4.10. The van der Waals surface area contributed by atoms with E-state index in [-0.39, 0.29) is 18.1 Å². The van der Waals surface area contributed by atoms with Crippen LogP contribution in [0.1, 0.15) is 51.4 Å². The number of hydrogen-bond acceptors (Lipinski definition) is 3. The summed E-state index contributed by atoms with van der Waals surface area (Å²) in [6.45, 7) is 3.29. The van der Waals surface area contributed by atoms with Gasteiger partial charge in [0.15, 0.2) is 0 Å². The molecule has 142 valence electrons. The molecular formula is C22H25NO4. The van der Waals surface area contributed by atoms with Crippen molar-refractivity contribution in [1.82, 2.24) is 4.90 Å². The predicted octanol–water partition coefficient (Wildman–Crippen LogP) is 3.13. The van der Waals surface area contributed by atoms with Gasteiger partial charge in [0.2, 0.25) is 5.91 Å². The van der Waals surface area contributed by atoms with E-state index in [1.54, 1.807) is 18.2 Å². The average Bonchev–Trinajstić information content (AvgIpc) is 2.69. The third-order valence-corrected chi connectivity index (χ3v) is 5.44. The van der Waals surface area contributed by atoms with E-state index in [0.717, 1.165) is 29.5 Å². The minimum Gasteiger partial charge on any atom is -0.478 e. The molecule has 1 heterocycles. The number of hydrogen-bond donors (Lipinski definition) is 2. The molecule has 3 rings (SSSR count). The van der Waals surface area contributed by atoms with Gasteiger partial charge in [-0.2, -0.15) is 0 Å². The summed E-state index contributed by atoms with van der Waals surface area (Å²) in [5, 5.41) is 18.6. The number of amides is 1. The molecule has 0 unspecified atom stereocenters. The quantitative estimate of drug-likeness (QED) is 0.851. The first-order chi connectivity index (χ1) is 13.0. The molecule has 2 N–H and O–H groups in total. The Morgan fingerprint density at radius 3 is 2.41 bits per heavy atom. The number of aryl methyl sites for hydroxylation is 1. The van der Waals surface area contributed by atoms with Crippen LogP contribution in [0.3, 0.4) is 0 Å². The third-order valence-electron chi connectivity index (χ3n) is 5.44. The number of rotatable bonds is 5. The van der Waals surface area contributed by atoms with E-state index in [1.165, 1.54) is 5.56 Å². The van der Waals surface area contributed by atoms with Crippen LogP contribution in [0, 0.1) is 6.92 Å². The zero-order chi connectivity index (χ0) is 19.4. The van der Waals surface area contributed by atoms with Gasteiger partial charge in [0, 0.05) is 13.1 Å². The lowest BCUT2D eigenvalue weighted by Gasteiger charge is -2.33. The Hall–Kier alpha value is -2.66.